The van der Waals surface area contributed by atoms with Crippen molar-refractivity contribution in [1.29, 1.82) is 0 Å². The third-order valence-corrected chi connectivity index (χ3v) is 4.37. The lowest BCUT2D eigenvalue weighted by molar-refractivity contribution is 0.112. The fraction of sp³-hybridized carbons (Fsp3) is 0.167. The molecule has 2 aromatic carbocycles. The lowest BCUT2D eigenvalue weighted by atomic mass is 10.0. The molecule has 3 aromatic rings. The van der Waals surface area contributed by atoms with Gasteiger partial charge in [-0.2, -0.15) is 9.97 Å². The highest BCUT2D eigenvalue weighted by molar-refractivity contribution is 7.99. The zero-order valence-electron chi connectivity index (χ0n) is 13.6. The van der Waals surface area contributed by atoms with Crippen molar-refractivity contribution < 1.29 is 14.3 Å². The summed E-state index contributed by atoms with van der Waals surface area (Å²) in [4.78, 5) is 20.9. The van der Waals surface area contributed by atoms with E-state index in [4.69, 9.17) is 9.47 Å². The highest BCUT2D eigenvalue weighted by Crippen LogP contribution is 2.31. The third kappa shape index (κ3) is 3.33. The summed E-state index contributed by atoms with van der Waals surface area (Å²) in [6, 6.07) is 11.5. The molecule has 1 heterocycles. The van der Waals surface area contributed by atoms with Gasteiger partial charge >= 0.3 is 0 Å². The Kier molecular flexibility index (Phi) is 4.66. The first-order valence-electron chi connectivity index (χ1n) is 7.27. The van der Waals surface area contributed by atoms with Crippen molar-refractivity contribution in [2.24, 2.45) is 0 Å². The molecule has 0 unspecified atom stereocenters. The Morgan fingerprint density at radius 1 is 1.00 bits per heavy atom. The summed E-state index contributed by atoms with van der Waals surface area (Å²) in [5.41, 5.74) is 1.74. The van der Waals surface area contributed by atoms with Crippen LogP contribution < -0.4 is 9.47 Å². The Labute approximate surface area is 144 Å². The fourth-order valence-corrected chi connectivity index (χ4v) is 3.22. The van der Waals surface area contributed by atoms with Crippen LogP contribution in [-0.4, -0.2) is 30.5 Å². The number of benzene rings is 2. The molecule has 0 bridgehead atoms. The SMILES string of the molecule is COc1cc(OC)nc(Sc2ccc3cc(C)cc(C=O)c3c2)n1. The van der Waals surface area contributed by atoms with Gasteiger partial charge in [0.25, 0.3) is 0 Å². The maximum atomic E-state index is 11.3. The number of carbonyl (C=O) groups is 1. The molecular weight excluding hydrogens is 324 g/mol. The minimum Gasteiger partial charge on any atom is -0.481 e. The average molecular weight is 340 g/mol. The zero-order chi connectivity index (χ0) is 17.1. The van der Waals surface area contributed by atoms with Crippen LogP contribution in [0.15, 0.2) is 46.5 Å². The van der Waals surface area contributed by atoms with Crippen LogP contribution in [0.4, 0.5) is 0 Å². The van der Waals surface area contributed by atoms with Crippen LogP contribution in [0.1, 0.15) is 15.9 Å². The fourth-order valence-electron chi connectivity index (χ4n) is 2.43. The number of aldehydes is 1. The van der Waals surface area contributed by atoms with E-state index in [1.807, 2.05) is 31.2 Å². The van der Waals surface area contributed by atoms with E-state index in [2.05, 4.69) is 16.0 Å². The van der Waals surface area contributed by atoms with Crippen LogP contribution >= 0.6 is 11.8 Å². The first-order valence-corrected chi connectivity index (χ1v) is 8.09. The number of hydrogen-bond acceptors (Lipinski definition) is 6. The minimum atomic E-state index is 0.439. The molecule has 1 aromatic heterocycles. The van der Waals surface area contributed by atoms with Crippen LogP contribution in [-0.2, 0) is 0 Å². The van der Waals surface area contributed by atoms with Crippen molar-refractivity contribution >= 4 is 28.8 Å². The lowest BCUT2D eigenvalue weighted by Gasteiger charge is -2.08. The predicted molar refractivity (Wildman–Crippen MR) is 93.3 cm³/mol. The summed E-state index contributed by atoms with van der Waals surface area (Å²) in [5, 5.41) is 2.46. The molecule has 0 atom stereocenters. The van der Waals surface area contributed by atoms with E-state index in [1.54, 1.807) is 20.3 Å². The second-order valence-electron chi connectivity index (χ2n) is 5.19. The molecule has 5 nitrogen and oxygen atoms in total. The van der Waals surface area contributed by atoms with E-state index in [-0.39, 0.29) is 0 Å². The third-order valence-electron chi connectivity index (χ3n) is 3.52. The van der Waals surface area contributed by atoms with Crippen molar-refractivity contribution in [3.8, 4) is 11.8 Å². The van der Waals surface area contributed by atoms with Crippen LogP contribution in [0, 0.1) is 6.92 Å². The topological polar surface area (TPSA) is 61.3 Å². The molecule has 0 spiro atoms. The van der Waals surface area contributed by atoms with Crippen LogP contribution in [0.3, 0.4) is 0 Å². The van der Waals surface area contributed by atoms with Crippen molar-refractivity contribution in [1.82, 2.24) is 9.97 Å². The smallest absolute Gasteiger partial charge is 0.220 e. The van der Waals surface area contributed by atoms with E-state index in [0.29, 0.717) is 22.5 Å². The average Bonchev–Trinajstić information content (AvgIpc) is 2.60. The van der Waals surface area contributed by atoms with Gasteiger partial charge in [-0.25, -0.2) is 0 Å². The highest BCUT2D eigenvalue weighted by Gasteiger charge is 2.09. The summed E-state index contributed by atoms with van der Waals surface area (Å²) >= 11 is 1.39. The number of aryl methyl sites for hydroxylation is 1. The maximum Gasteiger partial charge on any atom is 0.220 e. The summed E-state index contributed by atoms with van der Waals surface area (Å²) < 4.78 is 10.3. The molecule has 24 heavy (non-hydrogen) atoms. The quantitative estimate of drug-likeness (QED) is 0.518. The summed E-state index contributed by atoms with van der Waals surface area (Å²) in [7, 11) is 3.09. The van der Waals surface area contributed by atoms with E-state index in [9.17, 15) is 4.79 Å². The molecule has 0 aliphatic rings. The number of rotatable bonds is 5. The molecule has 0 amide bonds. The number of aromatic nitrogens is 2. The first kappa shape index (κ1) is 16.3. The van der Waals surface area contributed by atoms with E-state index in [1.165, 1.54) is 11.8 Å². The van der Waals surface area contributed by atoms with Gasteiger partial charge in [-0.05, 0) is 53.2 Å². The van der Waals surface area contributed by atoms with E-state index >= 15 is 0 Å². The molecule has 0 N–H and O–H groups in total. The Balaban J connectivity index is 2.01. The van der Waals surface area contributed by atoms with Gasteiger partial charge in [-0.3, -0.25) is 4.79 Å². The van der Waals surface area contributed by atoms with Gasteiger partial charge in [0.2, 0.25) is 11.8 Å². The number of fused-ring (bicyclic) bond motifs is 1. The Morgan fingerprint density at radius 3 is 2.33 bits per heavy atom. The van der Waals surface area contributed by atoms with Gasteiger partial charge in [-0.1, -0.05) is 12.1 Å². The molecule has 0 saturated heterocycles. The normalized spacial score (nSPS) is 10.6. The summed E-state index contributed by atoms with van der Waals surface area (Å²) in [6.45, 7) is 1.98. The number of hydrogen-bond donors (Lipinski definition) is 0. The van der Waals surface area contributed by atoms with E-state index in [0.717, 1.165) is 27.5 Å². The molecule has 3 rings (SSSR count). The van der Waals surface area contributed by atoms with Gasteiger partial charge in [0.05, 0.1) is 20.3 Å². The van der Waals surface area contributed by atoms with Crippen molar-refractivity contribution in [2.75, 3.05) is 14.2 Å². The Morgan fingerprint density at radius 2 is 1.71 bits per heavy atom. The largest absolute Gasteiger partial charge is 0.481 e. The number of ether oxygens (including phenoxy) is 2. The maximum absolute atomic E-state index is 11.3. The van der Waals surface area contributed by atoms with Gasteiger partial charge in [0, 0.05) is 10.5 Å². The zero-order valence-corrected chi connectivity index (χ0v) is 14.4. The predicted octanol–water partition coefficient (Wildman–Crippen LogP) is 3.92. The molecule has 6 heteroatoms. The molecule has 0 radical (unpaired) electrons. The van der Waals surface area contributed by atoms with Crippen LogP contribution in [0.2, 0.25) is 0 Å². The number of nitrogens with zero attached hydrogens (tertiary/aromatic N) is 2. The van der Waals surface area contributed by atoms with Gasteiger partial charge < -0.3 is 9.47 Å². The summed E-state index contributed by atoms with van der Waals surface area (Å²) in [5.74, 6) is 0.878. The van der Waals surface area contributed by atoms with Gasteiger partial charge in [0.15, 0.2) is 11.4 Å². The first-order chi connectivity index (χ1) is 11.6. The molecule has 122 valence electrons. The standard InChI is InChI=1S/C18H16N2O3S/c1-11-6-12-4-5-14(8-15(12)13(7-11)10-21)24-18-19-16(22-2)9-17(20-18)23-3/h4-10H,1-3H3. The van der Waals surface area contributed by atoms with Crippen LogP contribution in [0.25, 0.3) is 10.8 Å². The van der Waals surface area contributed by atoms with Gasteiger partial charge in [-0.15, -0.1) is 0 Å². The number of carbonyl (C=O) groups excluding carboxylic acids is 1. The monoisotopic (exact) mass is 340 g/mol. The van der Waals surface area contributed by atoms with E-state index < -0.39 is 0 Å². The molecular formula is C18H16N2O3S. The lowest BCUT2D eigenvalue weighted by Crippen LogP contribution is -1.96. The van der Waals surface area contributed by atoms with Crippen molar-refractivity contribution in [3.05, 3.63) is 47.5 Å². The van der Waals surface area contributed by atoms with Crippen molar-refractivity contribution in [3.63, 3.8) is 0 Å². The second kappa shape index (κ2) is 6.88. The van der Waals surface area contributed by atoms with Crippen molar-refractivity contribution in [2.45, 2.75) is 17.0 Å². The molecule has 0 aliphatic carbocycles. The number of methoxy groups -OCH3 is 2. The molecule has 0 fully saturated rings. The minimum absolute atomic E-state index is 0.439. The Bertz CT molecular complexity index is 890. The highest BCUT2D eigenvalue weighted by atomic mass is 32.2. The van der Waals surface area contributed by atoms with Gasteiger partial charge in [0.1, 0.15) is 0 Å². The molecule has 0 aliphatic heterocycles. The molecule has 0 saturated carbocycles. The second-order valence-corrected chi connectivity index (χ2v) is 6.23. The van der Waals surface area contributed by atoms with Crippen LogP contribution in [0.5, 0.6) is 11.8 Å². The summed E-state index contributed by atoms with van der Waals surface area (Å²) in [6.07, 6.45) is 0.884. The Hall–Kier alpha value is -2.60.